The van der Waals surface area contributed by atoms with Crippen LogP contribution in [-0.2, 0) is 6.54 Å². The maximum atomic E-state index is 3.90. The number of anilines is 1. The van der Waals surface area contributed by atoms with Crippen LogP contribution in [0.1, 0.15) is 57.9 Å². The molecule has 0 aromatic heterocycles. The smallest absolute Gasteiger partial charge is 0.0412 e. The summed E-state index contributed by atoms with van der Waals surface area (Å²) in [5, 5.41) is 3.90. The normalized spacial score (nSPS) is 20.8. The monoisotopic (exact) mass is 286 g/mol. The van der Waals surface area contributed by atoms with Crippen molar-refractivity contribution in [3.05, 3.63) is 29.8 Å². The fourth-order valence-corrected chi connectivity index (χ4v) is 4.03. The van der Waals surface area contributed by atoms with Crippen LogP contribution < -0.4 is 10.2 Å². The summed E-state index contributed by atoms with van der Waals surface area (Å²) < 4.78 is 0. The molecule has 2 aliphatic rings. The summed E-state index contributed by atoms with van der Waals surface area (Å²) in [7, 11) is 0. The molecule has 1 N–H and O–H groups in total. The highest BCUT2D eigenvalue weighted by Crippen LogP contribution is 2.35. The largest absolute Gasteiger partial charge is 0.369 e. The molecular weight excluding hydrogens is 256 g/mol. The van der Waals surface area contributed by atoms with E-state index < -0.39 is 0 Å². The van der Waals surface area contributed by atoms with E-state index in [0.29, 0.717) is 5.54 Å². The van der Waals surface area contributed by atoms with E-state index in [2.05, 4.69) is 48.3 Å². The van der Waals surface area contributed by atoms with E-state index in [1.54, 1.807) is 0 Å². The second kappa shape index (κ2) is 6.39. The molecule has 1 saturated carbocycles. The number of benzene rings is 1. The molecule has 3 rings (SSSR count). The van der Waals surface area contributed by atoms with Crippen LogP contribution in [0.5, 0.6) is 0 Å². The molecule has 0 radical (unpaired) electrons. The predicted molar refractivity (Wildman–Crippen MR) is 90.8 cm³/mol. The maximum Gasteiger partial charge on any atom is 0.0412 e. The van der Waals surface area contributed by atoms with Crippen molar-refractivity contribution in [2.45, 2.75) is 64.5 Å². The van der Waals surface area contributed by atoms with Gasteiger partial charge in [0.15, 0.2) is 0 Å². The van der Waals surface area contributed by atoms with E-state index in [-0.39, 0.29) is 0 Å². The van der Waals surface area contributed by atoms with Gasteiger partial charge in [-0.15, -0.1) is 0 Å². The van der Waals surface area contributed by atoms with Gasteiger partial charge in [0, 0.05) is 30.9 Å². The van der Waals surface area contributed by atoms with Crippen LogP contribution in [0, 0.1) is 5.92 Å². The summed E-state index contributed by atoms with van der Waals surface area (Å²) in [6.07, 6.45) is 8.12. The number of nitrogens with one attached hydrogen (secondary N) is 1. The lowest BCUT2D eigenvalue weighted by Gasteiger charge is -2.35. The first-order valence-corrected chi connectivity index (χ1v) is 8.76. The predicted octanol–water partition coefficient (Wildman–Crippen LogP) is 4.35. The molecule has 0 atom stereocenters. The molecule has 0 saturated heterocycles. The first kappa shape index (κ1) is 14.9. The van der Waals surface area contributed by atoms with Crippen molar-refractivity contribution in [2.75, 3.05) is 18.0 Å². The Hall–Kier alpha value is -1.02. The standard InChI is InChI=1S/C19H30N2/c1-16(2)8-7-13-21-15-19(11-5-6-12-19)20-14-17-9-3-4-10-18(17)21/h3-4,9-10,16,20H,5-8,11-15H2,1-2H3. The molecule has 1 spiro atoms. The Bertz CT molecular complexity index is 460. The molecule has 0 unspecified atom stereocenters. The summed E-state index contributed by atoms with van der Waals surface area (Å²) >= 11 is 0. The number of nitrogens with zero attached hydrogens (tertiary/aromatic N) is 1. The minimum atomic E-state index is 0.372. The highest BCUT2D eigenvalue weighted by molar-refractivity contribution is 5.55. The van der Waals surface area contributed by atoms with Crippen molar-refractivity contribution >= 4 is 5.69 Å². The van der Waals surface area contributed by atoms with Crippen molar-refractivity contribution in [3.63, 3.8) is 0 Å². The Morgan fingerprint density at radius 3 is 2.71 bits per heavy atom. The summed E-state index contributed by atoms with van der Waals surface area (Å²) in [6.45, 7) is 8.10. The Kier molecular flexibility index (Phi) is 4.54. The summed E-state index contributed by atoms with van der Waals surface area (Å²) in [5.74, 6) is 0.811. The van der Waals surface area contributed by atoms with Crippen LogP contribution >= 0.6 is 0 Å². The van der Waals surface area contributed by atoms with Gasteiger partial charge in [-0.25, -0.2) is 0 Å². The lowest BCUT2D eigenvalue weighted by Crippen LogP contribution is -2.49. The van der Waals surface area contributed by atoms with Crippen molar-refractivity contribution in [3.8, 4) is 0 Å². The van der Waals surface area contributed by atoms with Gasteiger partial charge in [0.05, 0.1) is 0 Å². The summed E-state index contributed by atoms with van der Waals surface area (Å²) in [6, 6.07) is 8.99. The Morgan fingerprint density at radius 1 is 1.19 bits per heavy atom. The van der Waals surface area contributed by atoms with Gasteiger partial charge in [0.25, 0.3) is 0 Å². The van der Waals surface area contributed by atoms with Gasteiger partial charge >= 0.3 is 0 Å². The molecule has 0 bridgehead atoms. The molecular formula is C19H30N2. The lowest BCUT2D eigenvalue weighted by molar-refractivity contribution is 0.336. The number of hydrogen-bond acceptors (Lipinski definition) is 2. The summed E-state index contributed by atoms with van der Waals surface area (Å²) in [5.41, 5.74) is 3.32. The minimum absolute atomic E-state index is 0.372. The number of hydrogen-bond donors (Lipinski definition) is 1. The Morgan fingerprint density at radius 2 is 1.95 bits per heavy atom. The summed E-state index contributed by atoms with van der Waals surface area (Å²) in [4.78, 5) is 2.67. The average Bonchev–Trinajstić information content (AvgIpc) is 2.86. The van der Waals surface area contributed by atoms with Crippen LogP contribution in [0.15, 0.2) is 24.3 Å². The Labute approximate surface area is 129 Å². The molecule has 116 valence electrons. The zero-order valence-electron chi connectivity index (χ0n) is 13.7. The maximum absolute atomic E-state index is 3.90. The minimum Gasteiger partial charge on any atom is -0.369 e. The molecule has 1 aliphatic carbocycles. The highest BCUT2D eigenvalue weighted by Gasteiger charge is 2.37. The first-order chi connectivity index (χ1) is 10.2. The fourth-order valence-electron chi connectivity index (χ4n) is 4.03. The van der Waals surface area contributed by atoms with Crippen LogP contribution in [0.3, 0.4) is 0 Å². The molecule has 1 fully saturated rings. The molecule has 1 aromatic carbocycles. The van der Waals surface area contributed by atoms with Gasteiger partial charge in [0.2, 0.25) is 0 Å². The quantitative estimate of drug-likeness (QED) is 0.885. The highest BCUT2D eigenvalue weighted by atomic mass is 15.2. The van der Waals surface area contributed by atoms with Crippen LogP contribution in [0.4, 0.5) is 5.69 Å². The first-order valence-electron chi connectivity index (χ1n) is 8.76. The van der Waals surface area contributed by atoms with E-state index in [1.807, 2.05) is 0 Å². The van der Waals surface area contributed by atoms with Gasteiger partial charge in [-0.3, -0.25) is 0 Å². The van der Waals surface area contributed by atoms with Crippen LogP contribution in [0.25, 0.3) is 0 Å². The molecule has 2 nitrogen and oxygen atoms in total. The van der Waals surface area contributed by atoms with Crippen molar-refractivity contribution in [1.29, 1.82) is 0 Å². The van der Waals surface area contributed by atoms with Crippen LogP contribution in [0.2, 0.25) is 0 Å². The third kappa shape index (κ3) is 3.42. The number of fused-ring (bicyclic) bond motifs is 1. The van der Waals surface area contributed by atoms with E-state index in [9.17, 15) is 0 Å². The van der Waals surface area contributed by atoms with Crippen molar-refractivity contribution < 1.29 is 0 Å². The lowest BCUT2D eigenvalue weighted by atomic mass is 9.96. The van der Waals surface area contributed by atoms with Gasteiger partial charge in [-0.1, -0.05) is 44.9 Å². The van der Waals surface area contributed by atoms with E-state index in [1.165, 1.54) is 62.9 Å². The second-order valence-electron chi connectivity index (χ2n) is 7.43. The fraction of sp³-hybridized carbons (Fsp3) is 0.684. The SMILES string of the molecule is CC(C)CCCN1CC2(CCCC2)NCc2ccccc21. The van der Waals surface area contributed by atoms with Crippen molar-refractivity contribution in [2.24, 2.45) is 5.92 Å². The number of rotatable bonds is 4. The zero-order chi connectivity index (χ0) is 14.7. The topological polar surface area (TPSA) is 15.3 Å². The molecule has 1 heterocycles. The molecule has 0 amide bonds. The Balaban J connectivity index is 1.78. The zero-order valence-corrected chi connectivity index (χ0v) is 13.7. The third-order valence-electron chi connectivity index (χ3n) is 5.25. The number of para-hydroxylation sites is 1. The third-order valence-corrected chi connectivity index (χ3v) is 5.25. The van der Waals surface area contributed by atoms with E-state index in [0.717, 1.165) is 12.5 Å². The van der Waals surface area contributed by atoms with Gasteiger partial charge in [0.1, 0.15) is 0 Å². The molecule has 1 aromatic rings. The average molecular weight is 286 g/mol. The van der Waals surface area contributed by atoms with Crippen LogP contribution in [-0.4, -0.2) is 18.6 Å². The molecule has 1 aliphatic heterocycles. The van der Waals surface area contributed by atoms with Gasteiger partial charge in [-0.05, 0) is 43.2 Å². The molecule has 21 heavy (non-hydrogen) atoms. The van der Waals surface area contributed by atoms with Crippen molar-refractivity contribution in [1.82, 2.24) is 5.32 Å². The second-order valence-corrected chi connectivity index (χ2v) is 7.43. The molecule has 2 heteroatoms. The van der Waals surface area contributed by atoms with Gasteiger partial charge in [-0.2, -0.15) is 0 Å². The van der Waals surface area contributed by atoms with E-state index >= 15 is 0 Å². The van der Waals surface area contributed by atoms with E-state index in [4.69, 9.17) is 0 Å². The van der Waals surface area contributed by atoms with Gasteiger partial charge < -0.3 is 10.2 Å².